The molecule has 0 aromatic heterocycles. The van der Waals surface area contributed by atoms with Gasteiger partial charge in [-0.15, -0.1) is 0 Å². The van der Waals surface area contributed by atoms with Crippen LogP contribution in [0.5, 0.6) is 11.5 Å². The fourth-order valence-electron chi connectivity index (χ4n) is 2.38. The van der Waals surface area contributed by atoms with E-state index in [0.29, 0.717) is 18.1 Å². The number of benzene rings is 2. The molecule has 0 aliphatic carbocycles. The summed E-state index contributed by atoms with van der Waals surface area (Å²) in [6.07, 6.45) is 0.672. The summed E-state index contributed by atoms with van der Waals surface area (Å²) in [7, 11) is 0. The number of ether oxygens (including phenoxy) is 1. The van der Waals surface area contributed by atoms with Crippen LogP contribution in [0.1, 0.15) is 48.2 Å². The highest BCUT2D eigenvalue weighted by Gasteiger charge is 2.19. The zero-order chi connectivity index (χ0) is 15.4. The molecule has 0 aliphatic heterocycles. The Labute approximate surface area is 125 Å². The van der Waals surface area contributed by atoms with Gasteiger partial charge in [0.1, 0.15) is 17.1 Å². The quantitative estimate of drug-likeness (QED) is 0.672. The highest BCUT2D eigenvalue weighted by atomic mass is 16.5. The van der Waals surface area contributed by atoms with Crippen molar-refractivity contribution in [1.29, 1.82) is 0 Å². The van der Waals surface area contributed by atoms with E-state index in [1.165, 1.54) is 0 Å². The summed E-state index contributed by atoms with van der Waals surface area (Å²) < 4.78 is 5.28. The Hall–Kier alpha value is -2.29. The Morgan fingerprint density at radius 1 is 1.14 bits per heavy atom. The number of carbonyl (C=O) groups is 1. The average molecular weight is 284 g/mol. The number of rotatable bonds is 4. The smallest absolute Gasteiger partial charge is 0.347 e. The van der Waals surface area contributed by atoms with Crippen molar-refractivity contribution >= 4 is 5.97 Å². The number of hydrogen-bond donors (Lipinski definition) is 1. The van der Waals surface area contributed by atoms with Gasteiger partial charge in [0.05, 0.1) is 0 Å². The first-order chi connectivity index (χ1) is 10.0. The lowest BCUT2D eigenvalue weighted by atomic mass is 9.93. The number of esters is 1. The number of phenolic OH excluding ortho intramolecular Hbond substituents is 1. The monoisotopic (exact) mass is 284 g/mol. The summed E-state index contributed by atoms with van der Waals surface area (Å²) in [5.74, 6) is 0.256. The first-order valence-corrected chi connectivity index (χ1v) is 7.16. The fourth-order valence-corrected chi connectivity index (χ4v) is 2.38. The van der Waals surface area contributed by atoms with Crippen molar-refractivity contribution < 1.29 is 14.6 Å². The third-order valence-corrected chi connectivity index (χ3v) is 3.47. The SMILES string of the molecule is CCc1c(C(C)C)ccc(C(=O)Oc2ccccc2)c1O. The Balaban J connectivity index is 2.34. The summed E-state index contributed by atoms with van der Waals surface area (Å²) in [5.41, 5.74) is 2.08. The third-order valence-electron chi connectivity index (χ3n) is 3.47. The number of hydrogen-bond acceptors (Lipinski definition) is 3. The lowest BCUT2D eigenvalue weighted by molar-refractivity contribution is 0.0731. The van der Waals surface area contributed by atoms with Gasteiger partial charge >= 0.3 is 5.97 Å². The molecule has 0 heterocycles. The Kier molecular flexibility index (Phi) is 4.63. The molecule has 0 bridgehead atoms. The summed E-state index contributed by atoms with van der Waals surface area (Å²) in [6.45, 7) is 6.10. The fraction of sp³-hybridized carbons (Fsp3) is 0.278. The van der Waals surface area contributed by atoms with Gasteiger partial charge in [-0.25, -0.2) is 4.79 Å². The topological polar surface area (TPSA) is 46.5 Å². The molecule has 0 spiro atoms. The van der Waals surface area contributed by atoms with Crippen LogP contribution in [-0.4, -0.2) is 11.1 Å². The van der Waals surface area contributed by atoms with E-state index in [1.807, 2.05) is 19.1 Å². The molecule has 0 aliphatic rings. The maximum Gasteiger partial charge on any atom is 0.347 e. The molecular weight excluding hydrogens is 264 g/mol. The van der Waals surface area contributed by atoms with Crippen LogP contribution in [0.25, 0.3) is 0 Å². The first kappa shape index (κ1) is 15.1. The highest BCUT2D eigenvalue weighted by Crippen LogP contribution is 2.31. The van der Waals surface area contributed by atoms with Crippen LogP contribution >= 0.6 is 0 Å². The molecule has 2 rings (SSSR count). The molecule has 0 fully saturated rings. The minimum atomic E-state index is -0.538. The molecule has 21 heavy (non-hydrogen) atoms. The van der Waals surface area contributed by atoms with Crippen LogP contribution in [0.4, 0.5) is 0 Å². The molecule has 0 saturated carbocycles. The molecule has 0 atom stereocenters. The van der Waals surface area contributed by atoms with Gasteiger partial charge in [-0.05, 0) is 41.7 Å². The first-order valence-electron chi connectivity index (χ1n) is 7.16. The molecule has 110 valence electrons. The molecule has 2 aromatic carbocycles. The van der Waals surface area contributed by atoms with Crippen LogP contribution in [0.15, 0.2) is 42.5 Å². The van der Waals surface area contributed by atoms with Crippen molar-refractivity contribution in [1.82, 2.24) is 0 Å². The van der Waals surface area contributed by atoms with Gasteiger partial charge in [0, 0.05) is 0 Å². The number of aromatic hydroxyl groups is 1. The maximum atomic E-state index is 12.2. The van der Waals surface area contributed by atoms with E-state index in [1.54, 1.807) is 30.3 Å². The Morgan fingerprint density at radius 3 is 2.38 bits per heavy atom. The average Bonchev–Trinajstić information content (AvgIpc) is 2.47. The van der Waals surface area contributed by atoms with Gasteiger partial charge in [0.25, 0.3) is 0 Å². The van der Waals surface area contributed by atoms with Crippen molar-refractivity contribution in [3.05, 3.63) is 59.2 Å². The van der Waals surface area contributed by atoms with E-state index < -0.39 is 5.97 Å². The van der Waals surface area contributed by atoms with E-state index >= 15 is 0 Å². The van der Waals surface area contributed by atoms with E-state index in [-0.39, 0.29) is 11.3 Å². The standard InChI is InChI=1S/C18H20O3/c1-4-14-15(12(2)3)10-11-16(17(14)19)18(20)21-13-8-6-5-7-9-13/h5-12,19H,4H2,1-3H3. The van der Waals surface area contributed by atoms with Gasteiger partial charge in [0.15, 0.2) is 0 Å². The highest BCUT2D eigenvalue weighted by molar-refractivity contribution is 5.94. The largest absolute Gasteiger partial charge is 0.507 e. The van der Waals surface area contributed by atoms with Gasteiger partial charge in [-0.2, -0.15) is 0 Å². The molecule has 3 nitrogen and oxygen atoms in total. The van der Waals surface area contributed by atoms with Crippen molar-refractivity contribution in [3.8, 4) is 11.5 Å². The molecule has 0 unspecified atom stereocenters. The predicted molar refractivity (Wildman–Crippen MR) is 83.0 cm³/mol. The second kappa shape index (κ2) is 6.44. The Morgan fingerprint density at radius 2 is 1.81 bits per heavy atom. The van der Waals surface area contributed by atoms with Crippen molar-refractivity contribution in [2.75, 3.05) is 0 Å². The lowest BCUT2D eigenvalue weighted by Crippen LogP contribution is -2.10. The number of para-hydroxylation sites is 1. The van der Waals surface area contributed by atoms with Crippen LogP contribution in [0, 0.1) is 0 Å². The predicted octanol–water partition coefficient (Wildman–Crippen LogP) is 4.30. The van der Waals surface area contributed by atoms with Crippen molar-refractivity contribution in [2.24, 2.45) is 0 Å². The summed E-state index contributed by atoms with van der Waals surface area (Å²) in [6, 6.07) is 12.4. The van der Waals surface area contributed by atoms with E-state index in [4.69, 9.17) is 4.74 Å². The van der Waals surface area contributed by atoms with Crippen molar-refractivity contribution in [3.63, 3.8) is 0 Å². The third kappa shape index (κ3) is 3.24. The lowest BCUT2D eigenvalue weighted by Gasteiger charge is -2.15. The molecule has 0 radical (unpaired) electrons. The second-order valence-corrected chi connectivity index (χ2v) is 5.24. The normalized spacial score (nSPS) is 10.7. The van der Waals surface area contributed by atoms with Gasteiger partial charge in [-0.3, -0.25) is 0 Å². The van der Waals surface area contributed by atoms with E-state index in [9.17, 15) is 9.90 Å². The van der Waals surface area contributed by atoms with Crippen LogP contribution in [0.2, 0.25) is 0 Å². The number of carbonyl (C=O) groups excluding carboxylic acids is 1. The molecule has 3 heteroatoms. The molecule has 2 aromatic rings. The zero-order valence-corrected chi connectivity index (χ0v) is 12.6. The van der Waals surface area contributed by atoms with Gasteiger partial charge in [-0.1, -0.05) is 45.0 Å². The van der Waals surface area contributed by atoms with Crippen LogP contribution in [-0.2, 0) is 6.42 Å². The maximum absolute atomic E-state index is 12.2. The summed E-state index contributed by atoms with van der Waals surface area (Å²) in [4.78, 5) is 12.2. The summed E-state index contributed by atoms with van der Waals surface area (Å²) >= 11 is 0. The molecule has 0 amide bonds. The minimum absolute atomic E-state index is 0.0321. The number of phenols is 1. The summed E-state index contributed by atoms with van der Waals surface area (Å²) in [5, 5.41) is 10.4. The zero-order valence-electron chi connectivity index (χ0n) is 12.6. The molecule has 1 N–H and O–H groups in total. The molecule has 0 saturated heterocycles. The minimum Gasteiger partial charge on any atom is -0.507 e. The van der Waals surface area contributed by atoms with Crippen molar-refractivity contribution in [2.45, 2.75) is 33.1 Å². The van der Waals surface area contributed by atoms with Crippen LogP contribution < -0.4 is 4.74 Å². The van der Waals surface area contributed by atoms with Gasteiger partial charge < -0.3 is 9.84 Å². The van der Waals surface area contributed by atoms with Crippen LogP contribution in [0.3, 0.4) is 0 Å². The van der Waals surface area contributed by atoms with Gasteiger partial charge in [0.2, 0.25) is 0 Å². The van der Waals surface area contributed by atoms with E-state index in [0.717, 1.165) is 11.1 Å². The molecular formula is C18H20O3. The van der Waals surface area contributed by atoms with E-state index in [2.05, 4.69) is 13.8 Å². The Bertz CT molecular complexity index is 630. The second-order valence-electron chi connectivity index (χ2n) is 5.24.